The molecule has 2 aromatic carbocycles. The number of aryl methyl sites for hydroxylation is 2. The molecule has 10 heteroatoms. The van der Waals surface area contributed by atoms with E-state index in [9.17, 15) is 19.7 Å². The molecule has 9 nitrogen and oxygen atoms in total. The van der Waals surface area contributed by atoms with Crippen molar-refractivity contribution in [2.45, 2.75) is 20.4 Å². The summed E-state index contributed by atoms with van der Waals surface area (Å²) in [5.74, 6) is -0.956. The molecule has 2 N–H and O–H groups in total. The lowest BCUT2D eigenvalue weighted by Gasteiger charge is -2.10. The molecule has 3 aromatic rings. The number of rotatable bonds is 6. The van der Waals surface area contributed by atoms with E-state index >= 15 is 0 Å². The molecule has 0 spiro atoms. The Labute approximate surface area is 176 Å². The van der Waals surface area contributed by atoms with Crippen molar-refractivity contribution in [3.8, 4) is 0 Å². The van der Waals surface area contributed by atoms with E-state index < -0.39 is 16.7 Å². The van der Waals surface area contributed by atoms with Crippen LogP contribution in [0.5, 0.6) is 0 Å². The van der Waals surface area contributed by atoms with Gasteiger partial charge in [0, 0.05) is 35.0 Å². The molecule has 0 radical (unpaired) electrons. The summed E-state index contributed by atoms with van der Waals surface area (Å²) in [5.41, 5.74) is 1.57. The number of benzene rings is 2. The van der Waals surface area contributed by atoms with Crippen molar-refractivity contribution < 1.29 is 14.5 Å². The quantitative estimate of drug-likeness (QED) is 0.449. The van der Waals surface area contributed by atoms with Crippen LogP contribution in [0, 0.1) is 17.0 Å². The van der Waals surface area contributed by atoms with Gasteiger partial charge in [0.1, 0.15) is 5.69 Å². The van der Waals surface area contributed by atoms with Gasteiger partial charge < -0.3 is 10.6 Å². The Bertz CT molecular complexity index is 1110. The largest absolute Gasteiger partial charge is 0.321 e. The molecule has 30 heavy (non-hydrogen) atoms. The molecular formula is C20H18ClN5O4. The fraction of sp³-hybridized carbons (Fsp3) is 0.150. The smallest absolute Gasteiger partial charge is 0.276 e. The number of amides is 2. The maximum atomic E-state index is 12.9. The van der Waals surface area contributed by atoms with Crippen molar-refractivity contribution >= 4 is 40.5 Å². The zero-order valence-electron chi connectivity index (χ0n) is 16.2. The van der Waals surface area contributed by atoms with E-state index in [-0.39, 0.29) is 22.6 Å². The SMILES string of the molecule is CCn1nc(C)c(NC(=O)c2ccc([N+](=O)[O-])cc2)c1C(=O)Nc1ccc(Cl)cc1. The summed E-state index contributed by atoms with van der Waals surface area (Å²) >= 11 is 5.87. The molecule has 0 atom stereocenters. The molecule has 0 unspecified atom stereocenters. The topological polar surface area (TPSA) is 119 Å². The normalized spacial score (nSPS) is 10.5. The fourth-order valence-electron chi connectivity index (χ4n) is 2.83. The van der Waals surface area contributed by atoms with Crippen molar-refractivity contribution in [2.24, 2.45) is 0 Å². The van der Waals surface area contributed by atoms with E-state index in [1.54, 1.807) is 31.2 Å². The second-order valence-corrected chi connectivity index (χ2v) is 6.78. The summed E-state index contributed by atoms with van der Waals surface area (Å²) < 4.78 is 1.49. The molecule has 0 bridgehead atoms. The lowest BCUT2D eigenvalue weighted by Crippen LogP contribution is -2.21. The lowest BCUT2D eigenvalue weighted by molar-refractivity contribution is -0.384. The number of halogens is 1. The monoisotopic (exact) mass is 427 g/mol. The molecular weight excluding hydrogens is 410 g/mol. The second-order valence-electron chi connectivity index (χ2n) is 6.34. The van der Waals surface area contributed by atoms with Crippen molar-refractivity contribution in [1.82, 2.24) is 9.78 Å². The van der Waals surface area contributed by atoms with E-state index in [1.165, 1.54) is 28.9 Å². The van der Waals surface area contributed by atoms with Crippen LogP contribution in [-0.4, -0.2) is 26.5 Å². The number of aromatic nitrogens is 2. The maximum absolute atomic E-state index is 12.9. The van der Waals surface area contributed by atoms with Crippen LogP contribution in [0.15, 0.2) is 48.5 Å². The Hall–Kier alpha value is -3.72. The number of nitrogens with zero attached hydrogens (tertiary/aromatic N) is 3. The highest BCUT2D eigenvalue weighted by Gasteiger charge is 2.23. The number of carbonyl (C=O) groups is 2. The molecule has 3 rings (SSSR count). The van der Waals surface area contributed by atoms with Gasteiger partial charge in [0.05, 0.1) is 16.3 Å². The van der Waals surface area contributed by atoms with Crippen molar-refractivity contribution in [3.63, 3.8) is 0 Å². The molecule has 154 valence electrons. The Morgan fingerprint density at radius 2 is 1.70 bits per heavy atom. The number of hydrogen-bond donors (Lipinski definition) is 2. The molecule has 0 aliphatic rings. The van der Waals surface area contributed by atoms with E-state index in [0.717, 1.165) is 0 Å². The molecule has 2 amide bonds. The van der Waals surface area contributed by atoms with Gasteiger partial charge in [-0.3, -0.25) is 24.4 Å². The summed E-state index contributed by atoms with van der Waals surface area (Å²) in [5, 5.41) is 21.1. The molecule has 0 aliphatic heterocycles. The van der Waals surface area contributed by atoms with Crippen LogP contribution < -0.4 is 10.6 Å². The third kappa shape index (κ3) is 4.47. The highest BCUT2D eigenvalue weighted by molar-refractivity contribution is 6.30. The van der Waals surface area contributed by atoms with E-state index in [1.807, 2.05) is 6.92 Å². The van der Waals surface area contributed by atoms with Gasteiger partial charge >= 0.3 is 0 Å². The number of anilines is 2. The van der Waals surface area contributed by atoms with Crippen LogP contribution in [0.1, 0.15) is 33.5 Å². The molecule has 0 fully saturated rings. The van der Waals surface area contributed by atoms with E-state index in [2.05, 4.69) is 15.7 Å². The van der Waals surface area contributed by atoms with Crippen LogP contribution in [0.3, 0.4) is 0 Å². The van der Waals surface area contributed by atoms with E-state index in [0.29, 0.717) is 22.9 Å². The first-order chi connectivity index (χ1) is 14.3. The third-order valence-electron chi connectivity index (χ3n) is 4.32. The number of nitrogens with one attached hydrogen (secondary N) is 2. The van der Waals surface area contributed by atoms with Crippen LogP contribution >= 0.6 is 11.6 Å². The first kappa shape index (κ1) is 21.0. The van der Waals surface area contributed by atoms with Crippen molar-refractivity contribution in [1.29, 1.82) is 0 Å². The van der Waals surface area contributed by atoms with Gasteiger partial charge in [0.25, 0.3) is 17.5 Å². The molecule has 1 heterocycles. The van der Waals surface area contributed by atoms with Gasteiger partial charge in [-0.15, -0.1) is 0 Å². The Kier molecular flexibility index (Phi) is 6.12. The predicted octanol–water partition coefficient (Wildman–Crippen LogP) is 4.28. The van der Waals surface area contributed by atoms with Gasteiger partial charge in [0.2, 0.25) is 0 Å². The van der Waals surface area contributed by atoms with Crippen LogP contribution in [0.4, 0.5) is 17.1 Å². The number of nitro groups is 1. The Morgan fingerprint density at radius 3 is 2.27 bits per heavy atom. The maximum Gasteiger partial charge on any atom is 0.276 e. The van der Waals surface area contributed by atoms with Crippen LogP contribution in [0.2, 0.25) is 5.02 Å². The van der Waals surface area contributed by atoms with Gasteiger partial charge in [-0.25, -0.2) is 0 Å². The summed E-state index contributed by atoms with van der Waals surface area (Å²) in [6.45, 7) is 3.92. The standard InChI is InChI=1S/C20H18ClN5O4/c1-3-25-18(20(28)22-15-8-6-14(21)7-9-15)17(12(2)24-25)23-19(27)13-4-10-16(11-5-13)26(29)30/h4-11H,3H2,1-2H3,(H,22,28)(H,23,27). The number of non-ortho nitro benzene ring substituents is 1. The van der Waals surface area contributed by atoms with Gasteiger partial charge in [-0.1, -0.05) is 11.6 Å². The van der Waals surface area contributed by atoms with Crippen LogP contribution in [0.25, 0.3) is 0 Å². The Balaban J connectivity index is 1.88. The van der Waals surface area contributed by atoms with Gasteiger partial charge in [-0.2, -0.15) is 5.10 Å². The van der Waals surface area contributed by atoms with E-state index in [4.69, 9.17) is 11.6 Å². The summed E-state index contributed by atoms with van der Waals surface area (Å²) in [6, 6.07) is 11.8. The minimum atomic E-state index is -0.545. The van der Waals surface area contributed by atoms with Gasteiger partial charge in [0.15, 0.2) is 0 Å². The summed E-state index contributed by atoms with van der Waals surface area (Å²) in [6.07, 6.45) is 0. The zero-order valence-corrected chi connectivity index (χ0v) is 16.9. The zero-order chi connectivity index (χ0) is 21.8. The fourth-order valence-corrected chi connectivity index (χ4v) is 2.96. The number of carbonyl (C=O) groups excluding carboxylic acids is 2. The first-order valence-electron chi connectivity index (χ1n) is 9.00. The van der Waals surface area contributed by atoms with Crippen LogP contribution in [-0.2, 0) is 6.54 Å². The second kappa shape index (κ2) is 8.75. The summed E-state index contributed by atoms with van der Waals surface area (Å²) in [7, 11) is 0. The minimum absolute atomic E-state index is 0.121. The minimum Gasteiger partial charge on any atom is -0.321 e. The molecule has 0 saturated heterocycles. The lowest BCUT2D eigenvalue weighted by atomic mass is 10.2. The summed E-state index contributed by atoms with van der Waals surface area (Å²) in [4.78, 5) is 35.8. The van der Waals surface area contributed by atoms with Crippen molar-refractivity contribution in [2.75, 3.05) is 10.6 Å². The average Bonchev–Trinajstić information content (AvgIpc) is 3.05. The molecule has 0 aliphatic carbocycles. The molecule has 1 aromatic heterocycles. The predicted molar refractivity (Wildman–Crippen MR) is 113 cm³/mol. The molecule has 0 saturated carbocycles. The number of nitro benzene ring substituents is 1. The van der Waals surface area contributed by atoms with Gasteiger partial charge in [-0.05, 0) is 50.2 Å². The third-order valence-corrected chi connectivity index (χ3v) is 4.57. The average molecular weight is 428 g/mol. The van der Waals surface area contributed by atoms with Crippen molar-refractivity contribution in [3.05, 3.63) is 80.6 Å². The first-order valence-corrected chi connectivity index (χ1v) is 9.38. The Morgan fingerprint density at radius 1 is 1.07 bits per heavy atom. The number of hydrogen-bond acceptors (Lipinski definition) is 5. The highest BCUT2D eigenvalue weighted by Crippen LogP contribution is 2.24. The highest BCUT2D eigenvalue weighted by atomic mass is 35.5.